The van der Waals surface area contributed by atoms with E-state index in [0.717, 1.165) is 17.1 Å². The van der Waals surface area contributed by atoms with E-state index < -0.39 is 0 Å². The zero-order valence-corrected chi connectivity index (χ0v) is 15.1. The van der Waals surface area contributed by atoms with Crippen molar-refractivity contribution >= 4 is 29.2 Å². The highest BCUT2D eigenvalue weighted by molar-refractivity contribution is 8.16. The summed E-state index contributed by atoms with van der Waals surface area (Å²) in [4.78, 5) is 10.7. The van der Waals surface area contributed by atoms with Crippen LogP contribution in [-0.4, -0.2) is 4.92 Å². The molecule has 2 aromatic rings. The van der Waals surface area contributed by atoms with E-state index in [1.54, 1.807) is 18.2 Å². The van der Waals surface area contributed by atoms with Crippen molar-refractivity contribution in [2.75, 3.05) is 0 Å². The van der Waals surface area contributed by atoms with Crippen molar-refractivity contribution in [3.63, 3.8) is 0 Å². The Bertz CT molecular complexity index is 741. The number of nitrogens with zero attached hydrogens (tertiary/aromatic N) is 1. The van der Waals surface area contributed by atoms with Gasteiger partial charge < -0.3 is 0 Å². The summed E-state index contributed by atoms with van der Waals surface area (Å²) in [6, 6.07) is 11.6. The average molecular weight is 345 g/mol. The van der Waals surface area contributed by atoms with Crippen LogP contribution in [0.15, 0.2) is 36.4 Å². The van der Waals surface area contributed by atoms with Crippen molar-refractivity contribution in [3.8, 4) is 0 Å². The molecule has 0 saturated carbocycles. The average Bonchev–Trinajstić information content (AvgIpc) is 2.69. The van der Waals surface area contributed by atoms with Crippen molar-refractivity contribution in [1.29, 1.82) is 0 Å². The normalized spacial score (nSPS) is 16.5. The van der Waals surface area contributed by atoms with Gasteiger partial charge in [-0.15, -0.1) is 23.5 Å². The van der Waals surface area contributed by atoms with Gasteiger partial charge in [-0.3, -0.25) is 10.1 Å². The zero-order chi connectivity index (χ0) is 16.6. The Kier molecular flexibility index (Phi) is 4.43. The molecule has 0 unspecified atom stereocenters. The second-order valence-corrected chi connectivity index (χ2v) is 9.08. The molecule has 0 N–H and O–H groups in total. The molecule has 1 heterocycles. The fraction of sp³-hybridized carbons (Fsp3) is 0.333. The van der Waals surface area contributed by atoms with Crippen LogP contribution in [0.25, 0.3) is 0 Å². The van der Waals surface area contributed by atoms with Crippen molar-refractivity contribution in [2.24, 2.45) is 0 Å². The van der Waals surface area contributed by atoms with E-state index in [1.165, 1.54) is 22.3 Å². The number of thioether (sulfide) groups is 2. The third-order valence-corrected chi connectivity index (χ3v) is 7.59. The van der Waals surface area contributed by atoms with Gasteiger partial charge in [0.15, 0.2) is 0 Å². The topological polar surface area (TPSA) is 43.1 Å². The molecule has 0 atom stereocenters. The predicted molar refractivity (Wildman–Crippen MR) is 99.0 cm³/mol. The monoisotopic (exact) mass is 345 g/mol. The SMILES string of the molecule is Cc1cc2c(cc1C)CSC(C)(c1cccc([N+](=O)[O-])c1)SC2. The third kappa shape index (κ3) is 3.26. The maximum atomic E-state index is 11.1. The smallest absolute Gasteiger partial charge is 0.258 e. The molecule has 0 bridgehead atoms. The molecule has 120 valence electrons. The number of rotatable bonds is 2. The molecule has 23 heavy (non-hydrogen) atoms. The van der Waals surface area contributed by atoms with Crippen LogP contribution in [0.2, 0.25) is 0 Å². The van der Waals surface area contributed by atoms with Gasteiger partial charge in [-0.25, -0.2) is 0 Å². The van der Waals surface area contributed by atoms with E-state index in [1.807, 2.05) is 29.6 Å². The number of non-ortho nitro benzene ring substituents is 1. The Morgan fingerprint density at radius 1 is 1.04 bits per heavy atom. The molecular formula is C18H19NO2S2. The van der Waals surface area contributed by atoms with E-state index in [2.05, 4.69) is 32.9 Å². The first-order valence-electron chi connectivity index (χ1n) is 7.51. The molecule has 0 spiro atoms. The first kappa shape index (κ1) is 16.4. The maximum absolute atomic E-state index is 11.1. The molecule has 3 rings (SSSR count). The van der Waals surface area contributed by atoms with Crippen LogP contribution in [0.4, 0.5) is 5.69 Å². The van der Waals surface area contributed by atoms with Crippen molar-refractivity contribution in [3.05, 3.63) is 74.3 Å². The molecule has 0 amide bonds. The molecule has 1 aliphatic heterocycles. The van der Waals surface area contributed by atoms with E-state index >= 15 is 0 Å². The quantitative estimate of drug-likeness (QED) is 0.527. The summed E-state index contributed by atoms with van der Waals surface area (Å²) < 4.78 is -0.174. The van der Waals surface area contributed by atoms with Crippen LogP contribution in [0.5, 0.6) is 0 Å². The summed E-state index contributed by atoms with van der Waals surface area (Å²) in [5.74, 6) is 1.87. The fourth-order valence-corrected chi connectivity index (χ4v) is 5.42. The summed E-state index contributed by atoms with van der Waals surface area (Å²) in [7, 11) is 0. The van der Waals surface area contributed by atoms with E-state index in [4.69, 9.17) is 0 Å². The Morgan fingerprint density at radius 3 is 2.13 bits per heavy atom. The molecule has 0 saturated heterocycles. The van der Waals surface area contributed by atoms with Crippen LogP contribution in [0.1, 0.15) is 34.7 Å². The number of nitro groups is 1. The first-order valence-corrected chi connectivity index (χ1v) is 9.48. The lowest BCUT2D eigenvalue weighted by molar-refractivity contribution is -0.384. The summed E-state index contributed by atoms with van der Waals surface area (Å²) >= 11 is 3.71. The van der Waals surface area contributed by atoms with Crippen molar-refractivity contribution in [2.45, 2.75) is 36.4 Å². The standard InChI is InChI=1S/C18H19NO2S2/c1-12-7-14-10-22-18(3,23-11-15(14)8-13(12)2)16-5-4-6-17(9-16)19(20)21/h4-9H,10-11H2,1-3H3. The highest BCUT2D eigenvalue weighted by atomic mass is 32.2. The molecular weight excluding hydrogens is 326 g/mol. The Balaban J connectivity index is 1.93. The molecule has 0 radical (unpaired) electrons. The minimum atomic E-state index is -0.319. The number of hydrogen-bond donors (Lipinski definition) is 0. The molecule has 0 aromatic heterocycles. The number of hydrogen-bond acceptors (Lipinski definition) is 4. The van der Waals surface area contributed by atoms with E-state index in [0.29, 0.717) is 0 Å². The van der Waals surface area contributed by atoms with Crippen LogP contribution in [-0.2, 0) is 15.6 Å². The van der Waals surface area contributed by atoms with E-state index in [-0.39, 0.29) is 14.7 Å². The highest BCUT2D eigenvalue weighted by Gasteiger charge is 2.32. The third-order valence-electron chi connectivity index (χ3n) is 4.40. The van der Waals surface area contributed by atoms with Gasteiger partial charge in [-0.1, -0.05) is 24.3 Å². The van der Waals surface area contributed by atoms with Crippen molar-refractivity contribution < 1.29 is 4.92 Å². The van der Waals surface area contributed by atoms with Gasteiger partial charge in [0.25, 0.3) is 5.69 Å². The number of aryl methyl sites for hydroxylation is 2. The molecule has 0 fully saturated rings. The van der Waals surface area contributed by atoms with Gasteiger partial charge in [0, 0.05) is 23.6 Å². The van der Waals surface area contributed by atoms with Gasteiger partial charge in [0.1, 0.15) is 0 Å². The lowest BCUT2D eigenvalue weighted by atomic mass is 10.0. The molecule has 1 aliphatic rings. The summed E-state index contributed by atoms with van der Waals surface area (Å²) in [6.07, 6.45) is 0. The molecule has 0 aliphatic carbocycles. The molecule has 2 aromatic carbocycles. The van der Waals surface area contributed by atoms with Gasteiger partial charge >= 0.3 is 0 Å². The lowest BCUT2D eigenvalue weighted by Gasteiger charge is -2.27. The van der Waals surface area contributed by atoms with Gasteiger partial charge in [0.05, 0.1) is 9.00 Å². The largest absolute Gasteiger partial charge is 0.269 e. The second-order valence-electron chi connectivity index (χ2n) is 6.04. The number of fused-ring (bicyclic) bond motifs is 1. The highest BCUT2D eigenvalue weighted by Crippen LogP contribution is 2.52. The predicted octanol–water partition coefficient (Wildman–Crippen LogP) is 5.56. The Hall–Kier alpha value is -1.46. The lowest BCUT2D eigenvalue weighted by Crippen LogP contribution is -2.12. The Labute approximate surface area is 145 Å². The summed E-state index contributed by atoms with van der Waals surface area (Å²) in [5, 5.41) is 11.1. The van der Waals surface area contributed by atoms with Gasteiger partial charge in [0.2, 0.25) is 0 Å². The zero-order valence-electron chi connectivity index (χ0n) is 13.5. The first-order chi connectivity index (χ1) is 10.9. The summed E-state index contributed by atoms with van der Waals surface area (Å²) in [6.45, 7) is 6.48. The Morgan fingerprint density at radius 2 is 1.61 bits per heavy atom. The minimum Gasteiger partial charge on any atom is -0.258 e. The van der Waals surface area contributed by atoms with Crippen LogP contribution in [0.3, 0.4) is 0 Å². The fourth-order valence-electron chi connectivity index (χ4n) is 2.75. The molecule has 3 nitrogen and oxygen atoms in total. The number of benzene rings is 2. The van der Waals surface area contributed by atoms with E-state index in [9.17, 15) is 10.1 Å². The number of nitro benzene ring substituents is 1. The van der Waals surface area contributed by atoms with Gasteiger partial charge in [-0.05, 0) is 48.6 Å². The van der Waals surface area contributed by atoms with Crippen LogP contribution >= 0.6 is 23.5 Å². The maximum Gasteiger partial charge on any atom is 0.269 e. The second kappa shape index (κ2) is 6.21. The van der Waals surface area contributed by atoms with Crippen LogP contribution in [0, 0.1) is 24.0 Å². The summed E-state index contributed by atoms with van der Waals surface area (Å²) in [5.41, 5.74) is 6.61. The van der Waals surface area contributed by atoms with Crippen molar-refractivity contribution in [1.82, 2.24) is 0 Å². The van der Waals surface area contributed by atoms with Crippen LogP contribution < -0.4 is 0 Å². The molecule has 5 heteroatoms. The van der Waals surface area contributed by atoms with Gasteiger partial charge in [-0.2, -0.15) is 0 Å². The minimum absolute atomic E-state index is 0.165.